The predicted octanol–water partition coefficient (Wildman–Crippen LogP) is 2.60. The van der Waals surface area contributed by atoms with Crippen LogP contribution in [0.5, 0.6) is 17.2 Å². The van der Waals surface area contributed by atoms with Gasteiger partial charge in [0.15, 0.2) is 11.5 Å². The van der Waals surface area contributed by atoms with E-state index < -0.39 is 5.97 Å². The summed E-state index contributed by atoms with van der Waals surface area (Å²) in [7, 11) is 4.56. The second-order valence-corrected chi connectivity index (χ2v) is 5.73. The molecule has 0 amide bonds. The number of rotatable bonds is 5. The number of aromatic nitrogens is 1. The zero-order valence-electron chi connectivity index (χ0n) is 15.0. The molecule has 6 nitrogen and oxygen atoms in total. The lowest BCUT2D eigenvalue weighted by molar-refractivity contribution is -0.254. The Labute approximate surface area is 151 Å². The zero-order valence-corrected chi connectivity index (χ0v) is 15.0. The van der Waals surface area contributed by atoms with Crippen molar-refractivity contribution >= 4 is 16.9 Å². The van der Waals surface area contributed by atoms with Crippen LogP contribution in [0.4, 0.5) is 0 Å². The Morgan fingerprint density at radius 3 is 2.19 bits per heavy atom. The van der Waals surface area contributed by atoms with Crippen LogP contribution in [-0.4, -0.2) is 32.3 Å². The number of carbonyl (C=O) groups is 1. The lowest BCUT2D eigenvalue weighted by Gasteiger charge is -2.16. The quantitative estimate of drug-likeness (QED) is 0.702. The summed E-state index contributed by atoms with van der Waals surface area (Å²) in [5.41, 5.74) is 2.69. The van der Waals surface area contributed by atoms with Crippen LogP contribution in [-0.2, 0) is 0 Å². The minimum Gasteiger partial charge on any atom is -0.545 e. The van der Waals surface area contributed by atoms with Gasteiger partial charge in [0.25, 0.3) is 0 Å². The highest BCUT2D eigenvalue weighted by atomic mass is 16.5. The van der Waals surface area contributed by atoms with Crippen molar-refractivity contribution in [3.63, 3.8) is 0 Å². The fourth-order valence-electron chi connectivity index (χ4n) is 2.94. The maximum absolute atomic E-state index is 11.6. The Hall–Kier alpha value is -3.28. The van der Waals surface area contributed by atoms with Crippen molar-refractivity contribution in [1.82, 2.24) is 4.98 Å². The molecule has 0 bridgehead atoms. The Balaban J connectivity index is 2.32. The van der Waals surface area contributed by atoms with Crippen molar-refractivity contribution in [1.29, 1.82) is 0 Å². The van der Waals surface area contributed by atoms with Crippen molar-refractivity contribution in [3.8, 4) is 28.5 Å². The maximum Gasteiger partial charge on any atom is 0.203 e. The number of ether oxygens (including phenoxy) is 3. The lowest BCUT2D eigenvalue weighted by Crippen LogP contribution is -2.22. The largest absolute Gasteiger partial charge is 0.545 e. The van der Waals surface area contributed by atoms with Gasteiger partial charge in [-0.3, -0.25) is 0 Å². The van der Waals surface area contributed by atoms with E-state index in [1.165, 1.54) is 27.4 Å². The maximum atomic E-state index is 11.6. The molecular formula is C20H18NO5-. The van der Waals surface area contributed by atoms with Crippen molar-refractivity contribution in [3.05, 3.63) is 47.5 Å². The first-order valence-electron chi connectivity index (χ1n) is 7.92. The number of fused-ring (bicyclic) bond motifs is 1. The third-order valence-corrected chi connectivity index (χ3v) is 4.22. The highest BCUT2D eigenvalue weighted by Gasteiger charge is 2.16. The number of benzene rings is 2. The van der Waals surface area contributed by atoms with Gasteiger partial charge in [-0.1, -0.05) is 18.2 Å². The van der Waals surface area contributed by atoms with E-state index in [-0.39, 0.29) is 5.56 Å². The number of carbonyl (C=O) groups excluding carboxylic acids is 1. The van der Waals surface area contributed by atoms with Crippen molar-refractivity contribution in [2.45, 2.75) is 6.92 Å². The number of aryl methyl sites for hydroxylation is 1. The number of methoxy groups -OCH3 is 3. The number of carboxylic acid groups (broad SMARTS) is 1. The molecule has 0 atom stereocenters. The summed E-state index contributed by atoms with van der Waals surface area (Å²) < 4.78 is 16.1. The molecule has 0 unspecified atom stereocenters. The highest BCUT2D eigenvalue weighted by molar-refractivity contribution is 6.03. The van der Waals surface area contributed by atoms with E-state index in [1.54, 1.807) is 24.3 Å². The minimum atomic E-state index is -1.25. The van der Waals surface area contributed by atoms with E-state index in [1.807, 2.05) is 13.0 Å². The molecule has 26 heavy (non-hydrogen) atoms. The third kappa shape index (κ3) is 2.90. The van der Waals surface area contributed by atoms with Crippen molar-refractivity contribution < 1.29 is 24.1 Å². The number of hydrogen-bond acceptors (Lipinski definition) is 6. The second kappa shape index (κ2) is 6.92. The summed E-state index contributed by atoms with van der Waals surface area (Å²) in [6.07, 6.45) is 0. The zero-order chi connectivity index (χ0) is 18.8. The second-order valence-electron chi connectivity index (χ2n) is 5.73. The van der Waals surface area contributed by atoms with Gasteiger partial charge >= 0.3 is 0 Å². The Bertz CT molecular complexity index is 972. The number of pyridine rings is 1. The van der Waals surface area contributed by atoms with E-state index in [0.29, 0.717) is 39.4 Å². The predicted molar refractivity (Wildman–Crippen MR) is 95.9 cm³/mol. The SMILES string of the molecule is COc1cc(-c2cc(C(=O)[O-])c3cccc(C)c3n2)cc(OC)c1OC. The molecule has 0 spiro atoms. The Morgan fingerprint density at radius 1 is 1.00 bits per heavy atom. The number of aromatic carboxylic acids is 1. The standard InChI is InChI=1S/C20H19NO5/c1-11-6-5-7-13-14(20(22)23)10-15(21-18(11)13)12-8-16(24-2)19(26-4)17(9-12)25-3/h5-10H,1-4H3,(H,22,23)/p-1. The van der Waals surface area contributed by atoms with Crippen LogP contribution >= 0.6 is 0 Å². The molecule has 1 heterocycles. The van der Waals surface area contributed by atoms with Crippen molar-refractivity contribution in [2.75, 3.05) is 21.3 Å². The van der Waals surface area contributed by atoms with Crippen LogP contribution in [0.2, 0.25) is 0 Å². The molecule has 3 rings (SSSR count). The molecule has 3 aromatic rings. The minimum absolute atomic E-state index is 0.0856. The Kier molecular flexibility index (Phi) is 4.67. The summed E-state index contributed by atoms with van der Waals surface area (Å²) in [5.74, 6) is 0.125. The van der Waals surface area contributed by atoms with Gasteiger partial charge in [0.2, 0.25) is 5.75 Å². The molecule has 2 aromatic carbocycles. The van der Waals surface area contributed by atoms with Gasteiger partial charge in [-0.2, -0.15) is 0 Å². The van der Waals surface area contributed by atoms with Crippen LogP contribution in [0.3, 0.4) is 0 Å². The summed E-state index contributed by atoms with van der Waals surface area (Å²) in [6, 6.07) is 10.4. The van der Waals surface area contributed by atoms with Gasteiger partial charge in [0, 0.05) is 16.5 Å². The highest BCUT2D eigenvalue weighted by Crippen LogP contribution is 2.41. The number of hydrogen-bond donors (Lipinski definition) is 0. The number of nitrogens with zero attached hydrogens (tertiary/aromatic N) is 1. The van der Waals surface area contributed by atoms with Gasteiger partial charge in [0.1, 0.15) is 0 Å². The van der Waals surface area contributed by atoms with E-state index in [0.717, 1.165) is 5.56 Å². The smallest absolute Gasteiger partial charge is 0.203 e. The summed E-state index contributed by atoms with van der Waals surface area (Å²) in [6.45, 7) is 1.88. The van der Waals surface area contributed by atoms with Crippen LogP contribution in [0.15, 0.2) is 36.4 Å². The molecule has 0 fully saturated rings. The molecule has 6 heteroatoms. The molecular weight excluding hydrogens is 334 g/mol. The lowest BCUT2D eigenvalue weighted by atomic mass is 10.0. The first kappa shape index (κ1) is 17.5. The van der Waals surface area contributed by atoms with E-state index in [9.17, 15) is 9.90 Å². The monoisotopic (exact) mass is 352 g/mol. The molecule has 1 aromatic heterocycles. The van der Waals surface area contributed by atoms with Gasteiger partial charge < -0.3 is 24.1 Å². The van der Waals surface area contributed by atoms with Crippen LogP contribution in [0.25, 0.3) is 22.2 Å². The average molecular weight is 352 g/mol. The fourth-order valence-corrected chi connectivity index (χ4v) is 2.94. The van der Waals surface area contributed by atoms with Gasteiger partial charge in [-0.05, 0) is 30.7 Å². The topological polar surface area (TPSA) is 80.7 Å². The molecule has 0 saturated heterocycles. The molecule has 0 N–H and O–H groups in total. The first-order chi connectivity index (χ1) is 12.5. The van der Waals surface area contributed by atoms with Gasteiger partial charge in [-0.25, -0.2) is 4.98 Å². The summed E-state index contributed by atoms with van der Waals surface area (Å²) >= 11 is 0. The molecule has 0 aliphatic rings. The molecule has 0 aliphatic carbocycles. The first-order valence-corrected chi connectivity index (χ1v) is 7.92. The van der Waals surface area contributed by atoms with Crippen LogP contribution in [0.1, 0.15) is 15.9 Å². The molecule has 0 saturated carbocycles. The van der Waals surface area contributed by atoms with Crippen LogP contribution in [0, 0.1) is 6.92 Å². The van der Waals surface area contributed by atoms with E-state index in [2.05, 4.69) is 4.98 Å². The normalized spacial score (nSPS) is 10.6. The van der Waals surface area contributed by atoms with Gasteiger partial charge in [-0.15, -0.1) is 0 Å². The molecule has 134 valence electrons. The average Bonchev–Trinajstić information content (AvgIpc) is 2.66. The number of para-hydroxylation sites is 1. The van der Waals surface area contributed by atoms with Crippen LogP contribution < -0.4 is 19.3 Å². The Morgan fingerprint density at radius 2 is 1.65 bits per heavy atom. The fraction of sp³-hybridized carbons (Fsp3) is 0.200. The number of carboxylic acids is 1. The van der Waals surface area contributed by atoms with Gasteiger partial charge in [0.05, 0.1) is 38.5 Å². The van der Waals surface area contributed by atoms with E-state index >= 15 is 0 Å². The third-order valence-electron chi connectivity index (χ3n) is 4.22. The molecule has 0 aliphatic heterocycles. The van der Waals surface area contributed by atoms with Crippen molar-refractivity contribution in [2.24, 2.45) is 0 Å². The summed E-state index contributed by atoms with van der Waals surface area (Å²) in [5, 5.41) is 12.2. The van der Waals surface area contributed by atoms with E-state index in [4.69, 9.17) is 14.2 Å². The molecule has 0 radical (unpaired) electrons. The summed E-state index contributed by atoms with van der Waals surface area (Å²) in [4.78, 5) is 16.3.